The van der Waals surface area contributed by atoms with Gasteiger partial charge < -0.3 is 10.2 Å². The molecule has 2 aliphatic rings. The zero-order valence-corrected chi connectivity index (χ0v) is 18.2. The Bertz CT molecular complexity index is 1050. The average molecular weight is 434 g/mol. The summed E-state index contributed by atoms with van der Waals surface area (Å²) in [5.74, 6) is -0.912. The number of hydrogen-bond acceptors (Lipinski definition) is 4. The molecule has 7 heteroatoms. The fourth-order valence-corrected chi connectivity index (χ4v) is 4.23. The first-order valence-corrected chi connectivity index (χ1v) is 11.1. The van der Waals surface area contributed by atoms with Crippen LogP contribution in [0.5, 0.6) is 0 Å². The molecule has 4 rings (SSSR count). The van der Waals surface area contributed by atoms with Crippen LogP contribution in [0.4, 0.5) is 0 Å². The van der Waals surface area contributed by atoms with E-state index in [0.29, 0.717) is 37.2 Å². The predicted molar refractivity (Wildman–Crippen MR) is 119 cm³/mol. The minimum absolute atomic E-state index is 0.0917. The molecule has 2 heterocycles. The second-order valence-electron chi connectivity index (χ2n) is 8.26. The molecule has 0 spiro atoms. The molecule has 0 aromatic heterocycles. The Morgan fingerprint density at radius 2 is 1.78 bits per heavy atom. The lowest BCUT2D eigenvalue weighted by Crippen LogP contribution is -2.38. The highest BCUT2D eigenvalue weighted by Crippen LogP contribution is 2.25. The van der Waals surface area contributed by atoms with Crippen LogP contribution in [0.25, 0.3) is 0 Å². The lowest BCUT2D eigenvalue weighted by molar-refractivity contribution is -0.128. The van der Waals surface area contributed by atoms with E-state index >= 15 is 0 Å². The third-order valence-corrected chi connectivity index (χ3v) is 6.05. The molecule has 166 valence electrons. The quantitative estimate of drug-likeness (QED) is 0.648. The molecule has 2 aliphatic heterocycles. The highest BCUT2D eigenvalue weighted by molar-refractivity contribution is 6.22. The molecule has 0 bridgehead atoms. The van der Waals surface area contributed by atoms with E-state index in [9.17, 15) is 19.2 Å². The Labute approximate surface area is 187 Å². The van der Waals surface area contributed by atoms with Crippen LogP contribution in [0.3, 0.4) is 0 Å². The zero-order valence-electron chi connectivity index (χ0n) is 18.2. The van der Waals surface area contributed by atoms with Crippen molar-refractivity contribution in [3.8, 4) is 0 Å². The molecule has 1 saturated heterocycles. The van der Waals surface area contributed by atoms with Gasteiger partial charge in [0.05, 0.1) is 17.2 Å². The molecule has 2 aromatic carbocycles. The van der Waals surface area contributed by atoms with Crippen LogP contribution in [0.1, 0.15) is 75.3 Å². The average Bonchev–Trinajstić information content (AvgIpc) is 3.32. The van der Waals surface area contributed by atoms with E-state index in [0.717, 1.165) is 24.8 Å². The van der Waals surface area contributed by atoms with Crippen molar-refractivity contribution in [3.63, 3.8) is 0 Å². The van der Waals surface area contributed by atoms with Gasteiger partial charge in [0.25, 0.3) is 17.7 Å². The third kappa shape index (κ3) is 4.28. The number of amides is 4. The number of rotatable bonds is 8. The standard InChI is InChI=1S/C25H27N3O4/c1-2-3-14-28-24(31)19-12-11-18(15-20(19)25(28)32)23(30)26-21(17-8-5-4-6-9-17)16-27-13-7-10-22(27)29/h4-6,8-9,11-12,15,21H,2-3,7,10,13-14,16H2,1H3,(H,26,30). The molecule has 1 N–H and O–H groups in total. The lowest BCUT2D eigenvalue weighted by Gasteiger charge is -2.25. The maximum Gasteiger partial charge on any atom is 0.261 e. The van der Waals surface area contributed by atoms with Gasteiger partial charge in [0.2, 0.25) is 5.91 Å². The number of carbonyl (C=O) groups excluding carboxylic acids is 4. The summed E-state index contributed by atoms with van der Waals surface area (Å²) in [6, 6.07) is 13.8. The summed E-state index contributed by atoms with van der Waals surface area (Å²) >= 11 is 0. The predicted octanol–water partition coefficient (Wildman–Crippen LogP) is 3.18. The number of imide groups is 1. The van der Waals surface area contributed by atoms with Crippen molar-refractivity contribution in [1.82, 2.24) is 15.1 Å². The second kappa shape index (κ2) is 9.34. The first-order valence-electron chi connectivity index (χ1n) is 11.1. The molecule has 0 aliphatic carbocycles. The largest absolute Gasteiger partial charge is 0.343 e. The van der Waals surface area contributed by atoms with Crippen LogP contribution < -0.4 is 5.32 Å². The van der Waals surface area contributed by atoms with Gasteiger partial charge in [-0.2, -0.15) is 0 Å². The first kappa shape index (κ1) is 21.7. The van der Waals surface area contributed by atoms with Gasteiger partial charge in [-0.25, -0.2) is 0 Å². The van der Waals surface area contributed by atoms with Crippen molar-refractivity contribution in [2.75, 3.05) is 19.6 Å². The molecular weight excluding hydrogens is 406 g/mol. The van der Waals surface area contributed by atoms with Crippen molar-refractivity contribution in [3.05, 3.63) is 70.8 Å². The van der Waals surface area contributed by atoms with Gasteiger partial charge in [-0.05, 0) is 36.6 Å². The monoisotopic (exact) mass is 433 g/mol. The van der Waals surface area contributed by atoms with Crippen LogP contribution in [0.2, 0.25) is 0 Å². The van der Waals surface area contributed by atoms with E-state index in [1.165, 1.54) is 11.0 Å². The number of nitrogens with one attached hydrogen (secondary N) is 1. The number of benzene rings is 2. The van der Waals surface area contributed by atoms with Crippen LogP contribution >= 0.6 is 0 Å². The molecule has 1 fully saturated rings. The van der Waals surface area contributed by atoms with Crippen molar-refractivity contribution >= 4 is 23.6 Å². The molecule has 0 radical (unpaired) electrons. The number of nitrogens with zero attached hydrogens (tertiary/aromatic N) is 2. The molecule has 32 heavy (non-hydrogen) atoms. The molecule has 2 aromatic rings. The summed E-state index contributed by atoms with van der Waals surface area (Å²) in [5.41, 5.74) is 1.82. The SMILES string of the molecule is CCCCN1C(=O)c2ccc(C(=O)NC(CN3CCCC3=O)c3ccccc3)cc2C1=O. The van der Waals surface area contributed by atoms with Gasteiger partial charge in [-0.3, -0.25) is 24.1 Å². The van der Waals surface area contributed by atoms with E-state index < -0.39 is 0 Å². The first-order chi connectivity index (χ1) is 15.5. The molecule has 1 unspecified atom stereocenters. The fraction of sp³-hybridized carbons (Fsp3) is 0.360. The third-order valence-electron chi connectivity index (χ3n) is 6.05. The van der Waals surface area contributed by atoms with E-state index in [1.54, 1.807) is 17.0 Å². The van der Waals surface area contributed by atoms with Gasteiger partial charge in [-0.1, -0.05) is 43.7 Å². The zero-order chi connectivity index (χ0) is 22.7. The van der Waals surface area contributed by atoms with Crippen LogP contribution in [-0.4, -0.2) is 53.1 Å². The molecule has 4 amide bonds. The van der Waals surface area contributed by atoms with E-state index in [-0.39, 0.29) is 35.2 Å². The number of fused-ring (bicyclic) bond motifs is 1. The normalized spacial score (nSPS) is 16.5. The molecular formula is C25H27N3O4. The maximum absolute atomic E-state index is 13.1. The van der Waals surface area contributed by atoms with Crippen LogP contribution in [0, 0.1) is 0 Å². The number of carbonyl (C=O) groups is 4. The summed E-state index contributed by atoms with van der Waals surface area (Å²) in [4.78, 5) is 53.5. The van der Waals surface area contributed by atoms with Crippen LogP contribution in [0.15, 0.2) is 48.5 Å². The fourth-order valence-electron chi connectivity index (χ4n) is 4.23. The highest BCUT2D eigenvalue weighted by atomic mass is 16.2. The highest BCUT2D eigenvalue weighted by Gasteiger charge is 2.35. The number of likely N-dealkylation sites (tertiary alicyclic amines) is 1. The van der Waals surface area contributed by atoms with Gasteiger partial charge in [0.15, 0.2) is 0 Å². The lowest BCUT2D eigenvalue weighted by atomic mass is 10.0. The summed E-state index contributed by atoms with van der Waals surface area (Å²) in [7, 11) is 0. The minimum Gasteiger partial charge on any atom is -0.343 e. The summed E-state index contributed by atoms with van der Waals surface area (Å²) in [5, 5.41) is 3.02. The summed E-state index contributed by atoms with van der Waals surface area (Å²) in [6.45, 7) is 3.45. The van der Waals surface area contributed by atoms with Crippen molar-refractivity contribution in [1.29, 1.82) is 0 Å². The molecule has 7 nitrogen and oxygen atoms in total. The molecule has 0 saturated carbocycles. The number of hydrogen-bond donors (Lipinski definition) is 1. The Morgan fingerprint density at radius 1 is 1.03 bits per heavy atom. The van der Waals surface area contributed by atoms with Crippen molar-refractivity contribution < 1.29 is 19.2 Å². The Balaban J connectivity index is 1.54. The van der Waals surface area contributed by atoms with E-state index in [1.807, 2.05) is 37.3 Å². The topological polar surface area (TPSA) is 86.8 Å². The van der Waals surface area contributed by atoms with Gasteiger partial charge in [-0.15, -0.1) is 0 Å². The van der Waals surface area contributed by atoms with E-state index in [2.05, 4.69) is 5.32 Å². The Morgan fingerprint density at radius 3 is 2.47 bits per heavy atom. The smallest absolute Gasteiger partial charge is 0.261 e. The summed E-state index contributed by atoms with van der Waals surface area (Å²) in [6.07, 6.45) is 2.98. The maximum atomic E-state index is 13.1. The molecule has 1 atom stereocenters. The minimum atomic E-state index is -0.377. The Kier molecular flexibility index (Phi) is 6.35. The number of unbranched alkanes of at least 4 members (excludes halogenated alkanes) is 1. The summed E-state index contributed by atoms with van der Waals surface area (Å²) < 4.78 is 0. The van der Waals surface area contributed by atoms with Gasteiger partial charge in [0, 0.05) is 31.6 Å². The Hall–Kier alpha value is -3.48. The second-order valence-corrected chi connectivity index (χ2v) is 8.26. The van der Waals surface area contributed by atoms with E-state index in [4.69, 9.17) is 0 Å². The van der Waals surface area contributed by atoms with Gasteiger partial charge >= 0.3 is 0 Å². The van der Waals surface area contributed by atoms with Crippen molar-refractivity contribution in [2.45, 2.75) is 38.6 Å². The van der Waals surface area contributed by atoms with Crippen molar-refractivity contribution in [2.24, 2.45) is 0 Å². The van der Waals surface area contributed by atoms with Gasteiger partial charge in [0.1, 0.15) is 0 Å². The van der Waals surface area contributed by atoms with Crippen LogP contribution in [-0.2, 0) is 4.79 Å².